The highest BCUT2D eigenvalue weighted by Gasteiger charge is 2.54. The van der Waals surface area contributed by atoms with Crippen molar-refractivity contribution < 1.29 is 31.8 Å². The molecular formula is C40H53ClFN5O6S. The average Bonchev–Trinajstić information content (AvgIpc) is 3.16. The Balaban J connectivity index is 1.22. The fourth-order valence-electron chi connectivity index (χ4n) is 9.78. The zero-order valence-corrected chi connectivity index (χ0v) is 33.1. The van der Waals surface area contributed by atoms with Gasteiger partial charge in [-0.2, -0.15) is 0 Å². The number of hydrogen-bond donors (Lipinski definition) is 1. The standard InChI is InChI=1S/C40H53ClFN5O6S/c1-25-26(2)54(49,50)44-39(48)35-11-12-36-38(43-35)47(20-27-8-10-34(41)37(42)32(27)6-4-5-16-53-36)21-28-7-9-33(28)40(51-3,30-18-29(25)19-30)24-45-13-14-46-15-17-52-23-31(46)22-45/h8,10-12,18,25-26,28-29,31,33H,4-7,9,13-17,19-24H2,1-3H3,(H,44,48)/t25-,26-,28+,29+,31+,33-,40+/m1/s1. The maximum absolute atomic E-state index is 15.7. The third kappa shape index (κ3) is 7.06. The van der Waals surface area contributed by atoms with E-state index in [-0.39, 0.29) is 34.4 Å². The first-order valence-electron chi connectivity index (χ1n) is 19.7. The maximum Gasteiger partial charge on any atom is 0.283 e. The average molecular weight is 786 g/mol. The van der Waals surface area contributed by atoms with Crippen molar-refractivity contribution in [2.75, 3.05) is 71.1 Å². The van der Waals surface area contributed by atoms with Crippen LogP contribution >= 0.6 is 11.6 Å². The van der Waals surface area contributed by atoms with Gasteiger partial charge in [0.2, 0.25) is 10.0 Å². The molecule has 2 aliphatic carbocycles. The van der Waals surface area contributed by atoms with Gasteiger partial charge in [-0.3, -0.25) is 14.6 Å². The Kier molecular flexibility index (Phi) is 10.8. The molecule has 1 N–H and O–H groups in total. The number of anilines is 1. The molecule has 1 amide bonds. The van der Waals surface area contributed by atoms with Crippen LogP contribution in [0.5, 0.6) is 5.75 Å². The molecule has 1 saturated carbocycles. The Hall–Kier alpha value is -2.81. The molecule has 2 aromatic rings. The molecule has 294 valence electrons. The van der Waals surface area contributed by atoms with Crippen LogP contribution in [0.2, 0.25) is 5.02 Å². The molecule has 3 fully saturated rings. The second-order valence-corrected chi connectivity index (χ2v) is 18.8. The SMILES string of the molecule is CO[C@@]1(CN2CCN3CCOC[C@@H]3C2)C2=C[C@@H](C2)[C@H](C)[C@@H](C)S(=O)(=O)NC(=O)c2ccc3c(n2)N(Cc2ccc(Cl)c(F)c2CCCCO3)C[C@@H]2CC[C@H]21. The Morgan fingerprint density at radius 1 is 1.09 bits per heavy atom. The molecule has 7 atom stereocenters. The van der Waals surface area contributed by atoms with E-state index in [0.29, 0.717) is 62.1 Å². The van der Waals surface area contributed by atoms with Crippen LogP contribution < -0.4 is 14.4 Å². The third-order valence-electron chi connectivity index (χ3n) is 13.5. The summed E-state index contributed by atoms with van der Waals surface area (Å²) in [6.45, 7) is 10.9. The van der Waals surface area contributed by atoms with Crippen LogP contribution in [0.4, 0.5) is 10.2 Å². The van der Waals surface area contributed by atoms with Gasteiger partial charge in [0.25, 0.3) is 5.91 Å². The van der Waals surface area contributed by atoms with Gasteiger partial charge in [-0.1, -0.05) is 30.7 Å². The van der Waals surface area contributed by atoms with Crippen molar-refractivity contribution in [2.45, 2.75) is 75.8 Å². The van der Waals surface area contributed by atoms with Gasteiger partial charge >= 0.3 is 0 Å². The zero-order chi connectivity index (χ0) is 37.8. The summed E-state index contributed by atoms with van der Waals surface area (Å²) in [5.41, 5.74) is 2.00. The van der Waals surface area contributed by atoms with E-state index in [2.05, 4.69) is 25.5 Å². The predicted octanol–water partition coefficient (Wildman–Crippen LogP) is 5.07. The summed E-state index contributed by atoms with van der Waals surface area (Å²) in [5.74, 6) is -0.125. The van der Waals surface area contributed by atoms with E-state index in [1.807, 2.05) is 20.1 Å². The van der Waals surface area contributed by atoms with Crippen LogP contribution in [0.25, 0.3) is 0 Å². The van der Waals surface area contributed by atoms with Gasteiger partial charge in [-0.05, 0) is 104 Å². The third-order valence-corrected chi connectivity index (χ3v) is 15.6. The number of aromatic nitrogens is 1. The first kappa shape index (κ1) is 38.1. The highest BCUT2D eigenvalue weighted by Crippen LogP contribution is 2.53. The lowest BCUT2D eigenvalue weighted by Gasteiger charge is -2.56. The second-order valence-electron chi connectivity index (χ2n) is 16.3. The molecular weight excluding hydrogens is 733 g/mol. The number of allylic oxidation sites excluding steroid dienone is 1. The summed E-state index contributed by atoms with van der Waals surface area (Å²) in [4.78, 5) is 25.7. The summed E-state index contributed by atoms with van der Waals surface area (Å²) in [7, 11) is -2.22. The number of hydrogen-bond acceptors (Lipinski definition) is 10. The van der Waals surface area contributed by atoms with Gasteiger partial charge in [0, 0.05) is 59.0 Å². The van der Waals surface area contributed by atoms with E-state index in [1.165, 1.54) is 11.6 Å². The largest absolute Gasteiger partial charge is 0.490 e. The lowest BCUT2D eigenvalue weighted by Crippen LogP contribution is -2.64. The summed E-state index contributed by atoms with van der Waals surface area (Å²) >= 11 is 6.32. The van der Waals surface area contributed by atoms with Crippen molar-refractivity contribution in [3.8, 4) is 5.75 Å². The first-order valence-corrected chi connectivity index (χ1v) is 21.6. The number of nitrogens with zero attached hydrogens (tertiary/aromatic N) is 4. The van der Waals surface area contributed by atoms with Gasteiger partial charge < -0.3 is 19.1 Å². The number of piperazine rings is 1. The number of rotatable bonds is 3. The molecule has 5 aliphatic heterocycles. The Morgan fingerprint density at radius 2 is 1.93 bits per heavy atom. The van der Waals surface area contributed by atoms with Crippen LogP contribution in [0.3, 0.4) is 0 Å². The van der Waals surface area contributed by atoms with E-state index in [0.717, 1.165) is 70.8 Å². The van der Waals surface area contributed by atoms with E-state index in [4.69, 9.17) is 30.8 Å². The molecule has 9 rings (SSSR count). The number of methoxy groups -OCH3 is 1. The fraction of sp³-hybridized carbons (Fsp3) is 0.650. The molecule has 54 heavy (non-hydrogen) atoms. The smallest absolute Gasteiger partial charge is 0.283 e. The Labute approximate surface area is 323 Å². The number of morpholine rings is 1. The number of ether oxygens (including phenoxy) is 3. The monoisotopic (exact) mass is 785 g/mol. The first-order chi connectivity index (χ1) is 26.0. The molecule has 11 nitrogen and oxygen atoms in total. The zero-order valence-electron chi connectivity index (χ0n) is 31.6. The molecule has 2 saturated heterocycles. The quantitative estimate of drug-likeness (QED) is 0.424. The lowest BCUT2D eigenvalue weighted by molar-refractivity contribution is -0.119. The van der Waals surface area contributed by atoms with Crippen LogP contribution in [0, 0.1) is 29.5 Å². The van der Waals surface area contributed by atoms with E-state index < -0.39 is 32.6 Å². The molecule has 7 aliphatic rings. The van der Waals surface area contributed by atoms with E-state index in [9.17, 15) is 13.2 Å². The number of fused-ring (bicyclic) bond motifs is 6. The number of nitrogens with one attached hydrogen (secondary N) is 1. The van der Waals surface area contributed by atoms with Crippen LogP contribution in [-0.4, -0.2) is 112 Å². The number of amides is 1. The summed E-state index contributed by atoms with van der Waals surface area (Å²) < 4.78 is 64.5. The lowest BCUT2D eigenvalue weighted by atomic mass is 9.58. The van der Waals surface area contributed by atoms with Crippen molar-refractivity contribution in [1.82, 2.24) is 19.5 Å². The number of benzene rings is 1. The predicted molar refractivity (Wildman–Crippen MR) is 205 cm³/mol. The van der Waals surface area contributed by atoms with Crippen molar-refractivity contribution in [3.63, 3.8) is 0 Å². The molecule has 1 aromatic carbocycles. The maximum atomic E-state index is 15.7. The molecule has 0 unspecified atom stereocenters. The minimum absolute atomic E-state index is 0.0246. The van der Waals surface area contributed by atoms with Gasteiger partial charge in [0.1, 0.15) is 17.1 Å². The van der Waals surface area contributed by atoms with Crippen molar-refractivity contribution in [1.29, 1.82) is 0 Å². The molecule has 1 aromatic heterocycles. The number of halogens is 2. The Morgan fingerprint density at radius 3 is 2.70 bits per heavy atom. The summed E-state index contributed by atoms with van der Waals surface area (Å²) in [6, 6.07) is 7.06. The summed E-state index contributed by atoms with van der Waals surface area (Å²) in [5, 5.41) is -0.741. The van der Waals surface area contributed by atoms with Gasteiger partial charge in [-0.25, -0.2) is 22.5 Å². The highest BCUT2D eigenvalue weighted by molar-refractivity contribution is 7.90. The number of sulfonamides is 1. The minimum Gasteiger partial charge on any atom is -0.490 e. The Bertz CT molecular complexity index is 1900. The topological polar surface area (TPSA) is 114 Å². The van der Waals surface area contributed by atoms with Crippen LogP contribution in [0.1, 0.15) is 67.6 Å². The number of carbonyl (C=O) groups excluding carboxylic acids is 1. The molecule has 4 bridgehead atoms. The summed E-state index contributed by atoms with van der Waals surface area (Å²) in [6.07, 6.45) is 6.83. The van der Waals surface area contributed by atoms with E-state index in [1.54, 1.807) is 19.1 Å². The van der Waals surface area contributed by atoms with Crippen molar-refractivity contribution in [3.05, 3.63) is 63.6 Å². The van der Waals surface area contributed by atoms with Crippen LogP contribution in [0.15, 0.2) is 35.9 Å². The van der Waals surface area contributed by atoms with Gasteiger partial charge in [-0.15, -0.1) is 0 Å². The highest BCUT2D eigenvalue weighted by atomic mass is 35.5. The van der Waals surface area contributed by atoms with Crippen molar-refractivity contribution in [2.24, 2.45) is 23.7 Å². The fourth-order valence-corrected chi connectivity index (χ4v) is 11.3. The molecule has 14 heteroatoms. The second kappa shape index (κ2) is 15.3. The van der Waals surface area contributed by atoms with E-state index >= 15 is 4.39 Å². The van der Waals surface area contributed by atoms with Gasteiger partial charge in [0.05, 0.1) is 30.1 Å². The van der Waals surface area contributed by atoms with Gasteiger partial charge in [0.15, 0.2) is 11.6 Å². The molecule has 0 spiro atoms. The number of carbonyl (C=O) groups is 1. The minimum atomic E-state index is -4.06. The number of pyridine rings is 1. The van der Waals surface area contributed by atoms with Crippen molar-refractivity contribution >= 4 is 33.3 Å². The van der Waals surface area contributed by atoms with Crippen LogP contribution in [-0.2, 0) is 32.5 Å². The molecule has 6 heterocycles. The normalized spacial score (nSPS) is 33.2. The molecule has 0 radical (unpaired) electrons.